The summed E-state index contributed by atoms with van der Waals surface area (Å²) in [7, 11) is 0. The van der Waals surface area contributed by atoms with Crippen molar-refractivity contribution >= 4 is 63.9 Å². The van der Waals surface area contributed by atoms with Gasteiger partial charge in [-0.2, -0.15) is 0 Å². The molecule has 1 N–H and O–H groups in total. The van der Waals surface area contributed by atoms with E-state index in [0.717, 1.165) is 47.8 Å². The molecule has 3 aliphatic rings. The number of hydrogen-bond acceptors (Lipinski definition) is 4. The first-order valence-electron chi connectivity index (χ1n) is 10.4. The van der Waals surface area contributed by atoms with Crippen LogP contribution in [0.15, 0.2) is 69.5 Å². The summed E-state index contributed by atoms with van der Waals surface area (Å²) in [4.78, 5) is 18.9. The van der Waals surface area contributed by atoms with Crippen LogP contribution in [0.4, 0.5) is 5.69 Å². The molecule has 8 heteroatoms. The van der Waals surface area contributed by atoms with Crippen LogP contribution in [0.1, 0.15) is 28.8 Å². The average Bonchev–Trinajstić information content (AvgIpc) is 3.21. The fourth-order valence-electron chi connectivity index (χ4n) is 4.15. The summed E-state index contributed by atoms with van der Waals surface area (Å²) in [6.07, 6.45) is 8.20. The highest BCUT2D eigenvalue weighted by molar-refractivity contribution is 8.00. The quantitative estimate of drug-likeness (QED) is 0.510. The maximum Gasteiger partial charge on any atom is 0.265 e. The molecule has 2 atom stereocenters. The van der Waals surface area contributed by atoms with Gasteiger partial charge in [0.05, 0.1) is 16.4 Å². The summed E-state index contributed by atoms with van der Waals surface area (Å²) in [5.41, 5.74) is 5.98. The minimum atomic E-state index is -0.120. The van der Waals surface area contributed by atoms with Crippen molar-refractivity contribution in [1.29, 1.82) is 0 Å². The van der Waals surface area contributed by atoms with E-state index >= 15 is 0 Å². The number of halogens is 3. The summed E-state index contributed by atoms with van der Waals surface area (Å²) in [5, 5.41) is 3.84. The number of rotatable bonds is 3. The molecule has 2 aromatic rings. The molecule has 1 fully saturated rings. The maximum absolute atomic E-state index is 12.8. The van der Waals surface area contributed by atoms with Crippen molar-refractivity contribution < 1.29 is 4.79 Å². The highest BCUT2D eigenvalue weighted by Gasteiger charge is 2.32. The molecule has 1 amide bonds. The number of amides is 1. The van der Waals surface area contributed by atoms with Crippen molar-refractivity contribution in [2.24, 2.45) is 10.9 Å². The lowest BCUT2D eigenvalue weighted by Gasteiger charge is -2.24. The van der Waals surface area contributed by atoms with E-state index in [2.05, 4.69) is 11.5 Å². The Labute approximate surface area is 206 Å². The van der Waals surface area contributed by atoms with E-state index in [1.807, 2.05) is 47.5 Å². The molecule has 2 aliphatic heterocycles. The molecule has 1 aliphatic carbocycles. The minimum absolute atomic E-state index is 0.0181. The number of carbonyl (C=O) groups excluding carboxylic acids is 1. The van der Waals surface area contributed by atoms with Crippen LogP contribution in [0.2, 0.25) is 10.0 Å². The van der Waals surface area contributed by atoms with Crippen molar-refractivity contribution in [1.82, 2.24) is 10.4 Å². The van der Waals surface area contributed by atoms with Gasteiger partial charge in [0.15, 0.2) is 0 Å². The number of aliphatic imine (C=N–C) groups is 1. The van der Waals surface area contributed by atoms with Crippen molar-refractivity contribution in [3.8, 4) is 0 Å². The highest BCUT2D eigenvalue weighted by atomic mass is 35.5. The Morgan fingerprint density at radius 1 is 1.09 bits per heavy atom. The Balaban J connectivity index is 1.57. The zero-order valence-electron chi connectivity index (χ0n) is 17.0. The van der Waals surface area contributed by atoms with E-state index < -0.39 is 0 Å². The van der Waals surface area contributed by atoms with Crippen molar-refractivity contribution in [3.63, 3.8) is 0 Å². The third-order valence-electron chi connectivity index (χ3n) is 5.75. The van der Waals surface area contributed by atoms with Gasteiger partial charge in [0.2, 0.25) is 0 Å². The standard InChI is InChI=1S/C24H20Cl3N3OS/c25-15-4-6-17(19(27)12-15)23-18-7-5-16(26)13-22(18)32-21-8-3-14(11-20(21)28-23)24(31)29-30-9-1-2-10-30/h3-8,11-13,18,22H,1-2,9-10H2,(H,29,31). The van der Waals surface area contributed by atoms with Gasteiger partial charge in [0, 0.05) is 50.3 Å². The number of carbonyl (C=O) groups is 1. The number of allylic oxidation sites excluding steroid dienone is 3. The van der Waals surface area contributed by atoms with Crippen molar-refractivity contribution in [2.45, 2.75) is 23.0 Å². The number of hydrazine groups is 1. The third-order valence-corrected chi connectivity index (χ3v) is 7.85. The smallest absolute Gasteiger partial charge is 0.265 e. The lowest BCUT2D eigenvalue weighted by Crippen LogP contribution is -2.39. The van der Waals surface area contributed by atoms with Gasteiger partial charge in [-0.1, -0.05) is 53.0 Å². The molecule has 1 saturated heterocycles. The second-order valence-electron chi connectivity index (χ2n) is 7.96. The van der Waals surface area contributed by atoms with Crippen molar-refractivity contribution in [2.75, 3.05) is 13.1 Å². The van der Waals surface area contributed by atoms with E-state index in [0.29, 0.717) is 20.6 Å². The predicted octanol–water partition coefficient (Wildman–Crippen LogP) is 6.64. The number of nitrogens with zero attached hydrogens (tertiary/aromatic N) is 2. The molecule has 0 spiro atoms. The van der Waals surface area contributed by atoms with E-state index in [1.54, 1.807) is 17.8 Å². The van der Waals surface area contributed by atoms with E-state index in [9.17, 15) is 4.79 Å². The molecule has 0 aromatic heterocycles. The normalized spacial score (nSPS) is 22.5. The van der Waals surface area contributed by atoms with E-state index in [1.165, 1.54) is 0 Å². The Hall–Kier alpha value is -1.76. The lowest BCUT2D eigenvalue weighted by molar-refractivity contribution is 0.0826. The Bertz CT molecular complexity index is 1170. The third kappa shape index (κ3) is 4.50. The van der Waals surface area contributed by atoms with Crippen LogP contribution >= 0.6 is 46.6 Å². The summed E-state index contributed by atoms with van der Waals surface area (Å²) in [6.45, 7) is 1.76. The van der Waals surface area contributed by atoms with Gasteiger partial charge in [-0.3, -0.25) is 15.2 Å². The van der Waals surface area contributed by atoms with Crippen LogP contribution in [0.25, 0.3) is 0 Å². The van der Waals surface area contributed by atoms with Gasteiger partial charge in [0.25, 0.3) is 5.91 Å². The average molecular weight is 505 g/mol. The number of thioether (sulfide) groups is 1. The largest absolute Gasteiger partial charge is 0.285 e. The van der Waals surface area contributed by atoms with E-state index in [4.69, 9.17) is 39.8 Å². The van der Waals surface area contributed by atoms with Crippen LogP contribution in [0.5, 0.6) is 0 Å². The van der Waals surface area contributed by atoms with Gasteiger partial charge < -0.3 is 0 Å². The number of fused-ring (bicyclic) bond motifs is 2. The number of benzene rings is 2. The zero-order chi connectivity index (χ0) is 22.2. The second-order valence-corrected chi connectivity index (χ2v) is 10.5. The zero-order valence-corrected chi connectivity index (χ0v) is 20.1. The summed E-state index contributed by atoms with van der Waals surface area (Å²) < 4.78 is 0. The molecule has 5 rings (SSSR count). The fraction of sp³-hybridized carbons (Fsp3) is 0.250. The second kappa shape index (κ2) is 9.24. The van der Waals surface area contributed by atoms with Gasteiger partial charge in [-0.15, -0.1) is 11.8 Å². The Morgan fingerprint density at radius 2 is 1.91 bits per heavy atom. The van der Waals surface area contributed by atoms with Crippen LogP contribution in [0, 0.1) is 5.92 Å². The molecule has 4 nitrogen and oxygen atoms in total. The van der Waals surface area contributed by atoms with Crippen LogP contribution in [-0.2, 0) is 0 Å². The number of hydrogen-bond donors (Lipinski definition) is 1. The molecule has 0 saturated carbocycles. The lowest BCUT2D eigenvalue weighted by atomic mass is 9.90. The minimum Gasteiger partial charge on any atom is -0.285 e. The van der Waals surface area contributed by atoms with Crippen LogP contribution in [0.3, 0.4) is 0 Å². The molecular formula is C24H20Cl3N3OS. The topological polar surface area (TPSA) is 44.7 Å². The predicted molar refractivity (Wildman–Crippen MR) is 134 cm³/mol. The first kappa shape index (κ1) is 22.1. The molecule has 164 valence electrons. The highest BCUT2D eigenvalue weighted by Crippen LogP contribution is 2.44. The summed E-state index contributed by atoms with van der Waals surface area (Å²) in [6, 6.07) is 11.1. The fourth-order valence-corrected chi connectivity index (χ4v) is 6.18. The number of nitrogens with one attached hydrogen (secondary N) is 1. The molecule has 2 unspecified atom stereocenters. The van der Waals surface area contributed by atoms with Gasteiger partial charge in [-0.05, 0) is 49.2 Å². The first-order valence-corrected chi connectivity index (χ1v) is 12.5. The van der Waals surface area contributed by atoms with Crippen LogP contribution in [-0.4, -0.2) is 35.0 Å². The Kier molecular flexibility index (Phi) is 6.37. The van der Waals surface area contributed by atoms with Gasteiger partial charge in [-0.25, -0.2) is 5.01 Å². The van der Waals surface area contributed by atoms with Crippen molar-refractivity contribution in [3.05, 3.63) is 80.8 Å². The molecule has 2 heterocycles. The summed E-state index contributed by atoms with van der Waals surface area (Å²) >= 11 is 20.7. The van der Waals surface area contributed by atoms with Gasteiger partial charge in [0.1, 0.15) is 0 Å². The van der Waals surface area contributed by atoms with Gasteiger partial charge >= 0.3 is 0 Å². The molecular weight excluding hydrogens is 485 g/mol. The molecule has 0 radical (unpaired) electrons. The first-order chi connectivity index (χ1) is 15.5. The van der Waals surface area contributed by atoms with E-state index in [-0.39, 0.29) is 17.1 Å². The monoisotopic (exact) mass is 503 g/mol. The van der Waals surface area contributed by atoms with Crippen LogP contribution < -0.4 is 5.43 Å². The summed E-state index contributed by atoms with van der Waals surface area (Å²) in [5.74, 6) is -0.138. The Morgan fingerprint density at radius 3 is 2.69 bits per heavy atom. The SMILES string of the molecule is O=C(NN1CCCC1)c1ccc2c(c1)N=C(c1ccc(Cl)cc1Cl)C1C=CC(Cl)=CC1S2. The maximum atomic E-state index is 12.8. The molecule has 2 aromatic carbocycles. The molecule has 0 bridgehead atoms. The molecule has 32 heavy (non-hydrogen) atoms.